The molecule has 0 saturated heterocycles. The van der Waals surface area contributed by atoms with Crippen molar-refractivity contribution in [2.24, 2.45) is 0 Å². The van der Waals surface area contributed by atoms with Gasteiger partial charge in [0.15, 0.2) is 15.9 Å². The van der Waals surface area contributed by atoms with Gasteiger partial charge >= 0.3 is 0 Å². The average molecular weight is 545 g/mol. The molecular formula is C26H28N2O7S2. The fourth-order valence-corrected chi connectivity index (χ4v) is 6.09. The van der Waals surface area contributed by atoms with Crippen molar-refractivity contribution < 1.29 is 31.1 Å². The molecule has 0 spiro atoms. The zero-order chi connectivity index (χ0) is 27.0. The summed E-state index contributed by atoms with van der Waals surface area (Å²) in [5.41, 5.74) is 1.88. The van der Waals surface area contributed by atoms with Crippen molar-refractivity contribution in [3.63, 3.8) is 0 Å². The summed E-state index contributed by atoms with van der Waals surface area (Å²) in [6.45, 7) is 3.36. The molecule has 2 unspecified atom stereocenters. The molecule has 1 aliphatic heterocycles. The number of fused-ring (bicyclic) bond motifs is 1. The predicted octanol–water partition coefficient (Wildman–Crippen LogP) is 3.24. The Bertz CT molecular complexity index is 1520. The van der Waals surface area contributed by atoms with Crippen molar-refractivity contribution in [2.75, 3.05) is 24.2 Å². The van der Waals surface area contributed by atoms with Gasteiger partial charge in [-0.25, -0.2) is 16.8 Å². The molecule has 0 aromatic heterocycles. The van der Waals surface area contributed by atoms with Crippen molar-refractivity contribution in [3.05, 3.63) is 77.9 Å². The summed E-state index contributed by atoms with van der Waals surface area (Å²) in [5, 5.41) is 2.84. The first-order valence-electron chi connectivity index (χ1n) is 11.4. The summed E-state index contributed by atoms with van der Waals surface area (Å²) in [7, 11) is -5.87. The normalized spacial score (nSPS) is 16.3. The molecule has 1 N–H and O–H groups in total. The van der Waals surface area contributed by atoms with Crippen LogP contribution >= 0.6 is 0 Å². The minimum atomic E-state index is -4.02. The van der Waals surface area contributed by atoms with Crippen molar-refractivity contribution in [1.29, 1.82) is 0 Å². The number of ether oxygens (including phenoxy) is 2. The van der Waals surface area contributed by atoms with E-state index in [1.165, 1.54) is 35.7 Å². The van der Waals surface area contributed by atoms with Crippen LogP contribution in [0.5, 0.6) is 11.5 Å². The number of nitrogens with zero attached hydrogens (tertiary/aromatic N) is 1. The number of sulfonamides is 1. The molecule has 11 heteroatoms. The van der Waals surface area contributed by atoms with Crippen LogP contribution in [0.2, 0.25) is 0 Å². The molecule has 0 bridgehead atoms. The minimum absolute atomic E-state index is 0.0566. The SMILES string of the molecule is COc1ccc(S(=O)(=O)N2CC(C(=O)NC(C)c3ccc(S(C)(=O)=O)cc3)Oc3ccc(C)cc32)cc1. The Hall–Kier alpha value is -3.57. The van der Waals surface area contributed by atoms with E-state index in [-0.39, 0.29) is 22.1 Å². The summed E-state index contributed by atoms with van der Waals surface area (Å²) < 4.78 is 63.0. The summed E-state index contributed by atoms with van der Waals surface area (Å²) in [4.78, 5) is 13.4. The maximum atomic E-state index is 13.6. The van der Waals surface area contributed by atoms with E-state index in [1.54, 1.807) is 49.4 Å². The van der Waals surface area contributed by atoms with Gasteiger partial charge in [0.2, 0.25) is 0 Å². The van der Waals surface area contributed by atoms with E-state index in [2.05, 4.69) is 5.32 Å². The zero-order valence-corrected chi connectivity index (χ0v) is 22.5. The molecule has 0 saturated carbocycles. The average Bonchev–Trinajstić information content (AvgIpc) is 2.87. The molecule has 196 valence electrons. The molecule has 1 aliphatic rings. The van der Waals surface area contributed by atoms with E-state index in [0.717, 1.165) is 11.8 Å². The molecule has 4 rings (SSSR count). The Balaban J connectivity index is 1.60. The number of hydrogen-bond acceptors (Lipinski definition) is 7. The number of hydrogen-bond donors (Lipinski definition) is 1. The number of nitrogens with one attached hydrogen (secondary N) is 1. The second-order valence-electron chi connectivity index (χ2n) is 8.86. The Morgan fingerprint density at radius 1 is 1.00 bits per heavy atom. The first-order chi connectivity index (χ1) is 17.4. The lowest BCUT2D eigenvalue weighted by Crippen LogP contribution is -2.51. The van der Waals surface area contributed by atoms with Gasteiger partial charge in [0.1, 0.15) is 11.5 Å². The maximum absolute atomic E-state index is 13.6. The fraction of sp³-hybridized carbons (Fsp3) is 0.269. The van der Waals surface area contributed by atoms with Crippen molar-refractivity contribution in [2.45, 2.75) is 35.8 Å². The Kier molecular flexibility index (Phi) is 7.20. The number of sulfone groups is 1. The summed E-state index contributed by atoms with van der Waals surface area (Å²) in [6.07, 6.45) is 0.0135. The fourth-order valence-electron chi connectivity index (χ4n) is 3.99. The monoisotopic (exact) mass is 544 g/mol. The molecule has 1 heterocycles. The van der Waals surface area contributed by atoms with Crippen LogP contribution in [0.4, 0.5) is 5.69 Å². The lowest BCUT2D eigenvalue weighted by atomic mass is 10.1. The van der Waals surface area contributed by atoms with Gasteiger partial charge in [-0.1, -0.05) is 18.2 Å². The standard InChI is InChI=1S/C26H28N2O7S2/c1-17-5-14-24-23(15-17)28(37(32,33)22-12-8-20(34-3)9-13-22)16-25(35-24)26(29)27-18(2)19-6-10-21(11-7-19)36(4,30)31/h5-15,18,25H,16H2,1-4H3,(H,27,29). The molecule has 1 amide bonds. The summed E-state index contributed by atoms with van der Waals surface area (Å²) in [5.74, 6) is 0.299. The molecule has 3 aromatic rings. The first kappa shape index (κ1) is 26.5. The quantitative estimate of drug-likeness (QED) is 0.485. The number of methoxy groups -OCH3 is 1. The number of amides is 1. The molecule has 0 aliphatic carbocycles. The Labute approximate surface area is 217 Å². The molecular weight excluding hydrogens is 516 g/mol. The van der Waals surface area contributed by atoms with Crippen LogP contribution in [-0.2, 0) is 24.7 Å². The van der Waals surface area contributed by atoms with Gasteiger partial charge in [-0.15, -0.1) is 0 Å². The number of anilines is 1. The van der Waals surface area contributed by atoms with E-state index < -0.39 is 37.9 Å². The highest BCUT2D eigenvalue weighted by molar-refractivity contribution is 7.92. The van der Waals surface area contributed by atoms with E-state index >= 15 is 0 Å². The van der Waals surface area contributed by atoms with Gasteiger partial charge in [-0.2, -0.15) is 0 Å². The van der Waals surface area contributed by atoms with E-state index in [9.17, 15) is 21.6 Å². The van der Waals surface area contributed by atoms with Crippen molar-refractivity contribution in [3.8, 4) is 11.5 Å². The third kappa shape index (κ3) is 5.57. The van der Waals surface area contributed by atoms with Gasteiger partial charge in [-0.3, -0.25) is 9.10 Å². The number of benzene rings is 3. The molecule has 0 radical (unpaired) electrons. The van der Waals surface area contributed by atoms with Crippen molar-refractivity contribution in [1.82, 2.24) is 5.32 Å². The van der Waals surface area contributed by atoms with E-state index in [1.807, 2.05) is 6.92 Å². The second kappa shape index (κ2) is 10.1. The molecule has 37 heavy (non-hydrogen) atoms. The van der Waals surface area contributed by atoms with E-state index in [0.29, 0.717) is 17.0 Å². The number of rotatable bonds is 7. The largest absolute Gasteiger partial charge is 0.497 e. The highest BCUT2D eigenvalue weighted by atomic mass is 32.2. The first-order valence-corrected chi connectivity index (χ1v) is 14.8. The van der Waals surface area contributed by atoms with Crippen LogP contribution in [0.1, 0.15) is 24.1 Å². The smallest absolute Gasteiger partial charge is 0.264 e. The molecule has 0 fully saturated rings. The van der Waals surface area contributed by atoms with Crippen LogP contribution < -0.4 is 19.1 Å². The second-order valence-corrected chi connectivity index (χ2v) is 12.7. The van der Waals surface area contributed by atoms with Gasteiger partial charge in [0.05, 0.1) is 35.2 Å². The Morgan fingerprint density at radius 2 is 1.62 bits per heavy atom. The third-order valence-electron chi connectivity index (χ3n) is 6.09. The van der Waals surface area contributed by atoms with Gasteiger partial charge in [0, 0.05) is 6.26 Å². The topological polar surface area (TPSA) is 119 Å². The third-order valence-corrected chi connectivity index (χ3v) is 9.01. The lowest BCUT2D eigenvalue weighted by Gasteiger charge is -2.35. The van der Waals surface area contributed by atoms with Crippen LogP contribution in [-0.4, -0.2) is 48.8 Å². The number of carbonyl (C=O) groups is 1. The molecule has 3 aromatic carbocycles. The summed E-state index contributed by atoms with van der Waals surface area (Å²) >= 11 is 0. The van der Waals surface area contributed by atoms with Crippen LogP contribution in [0.25, 0.3) is 0 Å². The maximum Gasteiger partial charge on any atom is 0.264 e. The van der Waals surface area contributed by atoms with Crippen LogP contribution in [0, 0.1) is 6.92 Å². The molecule has 9 nitrogen and oxygen atoms in total. The molecule has 2 atom stereocenters. The van der Waals surface area contributed by atoms with E-state index in [4.69, 9.17) is 9.47 Å². The van der Waals surface area contributed by atoms with Crippen LogP contribution in [0.15, 0.2) is 76.5 Å². The Morgan fingerprint density at radius 3 is 2.22 bits per heavy atom. The minimum Gasteiger partial charge on any atom is -0.497 e. The van der Waals surface area contributed by atoms with Crippen molar-refractivity contribution >= 4 is 31.5 Å². The van der Waals surface area contributed by atoms with Gasteiger partial charge in [-0.05, 0) is 73.5 Å². The van der Waals surface area contributed by atoms with Crippen LogP contribution in [0.3, 0.4) is 0 Å². The summed E-state index contributed by atoms with van der Waals surface area (Å²) in [6, 6.07) is 16.9. The van der Waals surface area contributed by atoms with Gasteiger partial charge < -0.3 is 14.8 Å². The number of aryl methyl sites for hydroxylation is 1. The zero-order valence-electron chi connectivity index (χ0n) is 20.8. The predicted molar refractivity (Wildman–Crippen MR) is 139 cm³/mol. The highest BCUT2D eigenvalue weighted by Gasteiger charge is 2.38. The lowest BCUT2D eigenvalue weighted by molar-refractivity contribution is -0.128. The van der Waals surface area contributed by atoms with Gasteiger partial charge in [0.25, 0.3) is 15.9 Å². The highest BCUT2D eigenvalue weighted by Crippen LogP contribution is 2.38. The number of carbonyl (C=O) groups excluding carboxylic acids is 1.